The molecular weight excluding hydrogens is 428 g/mol. The lowest BCUT2D eigenvalue weighted by molar-refractivity contribution is -0.385. The van der Waals surface area contributed by atoms with Gasteiger partial charge < -0.3 is 9.47 Å². The van der Waals surface area contributed by atoms with Gasteiger partial charge in [0.2, 0.25) is 0 Å². The molecule has 12 heteroatoms. The predicted octanol–water partition coefficient (Wildman–Crippen LogP) is 1.49. The summed E-state index contributed by atoms with van der Waals surface area (Å²) in [5.41, 5.74) is 4.29. The molecule has 11 nitrogen and oxygen atoms in total. The van der Waals surface area contributed by atoms with Crippen molar-refractivity contribution in [1.82, 2.24) is 16.2 Å². The Morgan fingerprint density at radius 3 is 2.39 bits per heavy atom. The van der Waals surface area contributed by atoms with Gasteiger partial charge in [0.25, 0.3) is 17.5 Å². The van der Waals surface area contributed by atoms with Crippen LogP contribution in [0.4, 0.5) is 5.69 Å². The number of carbonyl (C=O) groups excluding carboxylic acids is 3. The fourth-order valence-corrected chi connectivity index (χ4v) is 2.38. The van der Waals surface area contributed by atoms with E-state index in [9.17, 15) is 24.5 Å². The molecule has 0 fully saturated rings. The van der Waals surface area contributed by atoms with Crippen LogP contribution in [0, 0.1) is 10.1 Å². The summed E-state index contributed by atoms with van der Waals surface area (Å²) in [4.78, 5) is 45.9. The molecule has 31 heavy (non-hydrogen) atoms. The summed E-state index contributed by atoms with van der Waals surface area (Å²) in [6.07, 6.45) is 0. The molecule has 2 rings (SSSR count). The lowest BCUT2D eigenvalue weighted by atomic mass is 10.1. The predicted molar refractivity (Wildman–Crippen MR) is 112 cm³/mol. The molecule has 0 radical (unpaired) electrons. The Hall–Kier alpha value is -4.06. The lowest BCUT2D eigenvalue weighted by Crippen LogP contribution is -2.49. The van der Waals surface area contributed by atoms with Crippen LogP contribution in [0.25, 0.3) is 0 Å². The average Bonchev–Trinajstić information content (AvgIpc) is 2.76. The smallest absolute Gasteiger partial charge is 0.338 e. The summed E-state index contributed by atoms with van der Waals surface area (Å²) in [5, 5.41) is 12.9. The number of hydrogen-bond donors (Lipinski definition) is 3. The van der Waals surface area contributed by atoms with Crippen molar-refractivity contribution in [3.05, 3.63) is 69.8 Å². The summed E-state index contributed by atoms with van der Waals surface area (Å²) < 4.78 is 10.1. The lowest BCUT2D eigenvalue weighted by Gasteiger charge is -2.11. The number of carbonyl (C=O) groups is 3. The van der Waals surface area contributed by atoms with Gasteiger partial charge in [0, 0.05) is 6.07 Å². The second-order valence-corrected chi connectivity index (χ2v) is 6.17. The molecule has 0 aromatic heterocycles. The highest BCUT2D eigenvalue weighted by atomic mass is 32.1. The standard InChI is InChI=1S/C19H18N4O7S/c1-2-29-18(26)12-7-9-13(10-8-12)30-11-16(24)21-22-19(31)20-17(25)14-5-3-4-6-15(14)23(27)28/h3-10H,2,11H2,1H3,(H,21,24)(H2,20,22,25,31). The molecule has 0 spiro atoms. The van der Waals surface area contributed by atoms with Crippen molar-refractivity contribution in [3.63, 3.8) is 0 Å². The molecule has 2 aromatic carbocycles. The maximum Gasteiger partial charge on any atom is 0.338 e. The van der Waals surface area contributed by atoms with Gasteiger partial charge in [-0.15, -0.1) is 0 Å². The van der Waals surface area contributed by atoms with Gasteiger partial charge >= 0.3 is 5.97 Å². The van der Waals surface area contributed by atoms with Crippen molar-refractivity contribution in [2.45, 2.75) is 6.92 Å². The second-order valence-electron chi connectivity index (χ2n) is 5.76. The molecule has 0 saturated carbocycles. The summed E-state index contributed by atoms with van der Waals surface area (Å²) in [5.74, 6) is -1.54. The number of para-hydroxylation sites is 1. The molecule has 2 amide bonds. The normalized spacial score (nSPS) is 9.84. The van der Waals surface area contributed by atoms with Crippen LogP contribution in [0.1, 0.15) is 27.6 Å². The first-order valence-electron chi connectivity index (χ1n) is 8.85. The number of esters is 1. The van der Waals surface area contributed by atoms with Gasteiger partial charge in [0.15, 0.2) is 11.7 Å². The van der Waals surface area contributed by atoms with Gasteiger partial charge in [-0.2, -0.15) is 0 Å². The Balaban J connectivity index is 1.78. The first-order valence-corrected chi connectivity index (χ1v) is 9.26. The van der Waals surface area contributed by atoms with Gasteiger partial charge in [-0.05, 0) is 49.5 Å². The quantitative estimate of drug-likeness (QED) is 0.249. The van der Waals surface area contributed by atoms with E-state index in [0.29, 0.717) is 11.3 Å². The minimum Gasteiger partial charge on any atom is -0.484 e. The Bertz CT molecular complexity index is 995. The Kier molecular flexibility index (Phi) is 8.40. The minimum absolute atomic E-state index is 0.183. The zero-order chi connectivity index (χ0) is 22.8. The summed E-state index contributed by atoms with van der Waals surface area (Å²) in [6, 6.07) is 11.4. The van der Waals surface area contributed by atoms with Crippen LogP contribution in [0.5, 0.6) is 5.75 Å². The Labute approximate surface area is 181 Å². The fraction of sp³-hybridized carbons (Fsp3) is 0.158. The van der Waals surface area contributed by atoms with Crippen molar-refractivity contribution < 1.29 is 28.8 Å². The third-order valence-electron chi connectivity index (χ3n) is 3.62. The number of ether oxygens (including phenoxy) is 2. The van der Waals surface area contributed by atoms with Crippen molar-refractivity contribution in [1.29, 1.82) is 0 Å². The number of amides is 2. The molecule has 162 valence electrons. The summed E-state index contributed by atoms with van der Waals surface area (Å²) in [7, 11) is 0. The van der Waals surface area contributed by atoms with Crippen molar-refractivity contribution in [2.24, 2.45) is 0 Å². The highest BCUT2D eigenvalue weighted by Crippen LogP contribution is 2.17. The molecule has 0 aliphatic carbocycles. The first-order chi connectivity index (χ1) is 14.8. The van der Waals surface area contributed by atoms with Crippen LogP contribution in [0.15, 0.2) is 48.5 Å². The van der Waals surface area contributed by atoms with E-state index < -0.39 is 22.7 Å². The fourth-order valence-electron chi connectivity index (χ4n) is 2.24. The van der Waals surface area contributed by atoms with Gasteiger partial charge in [-0.25, -0.2) is 4.79 Å². The number of thiocarbonyl (C=S) groups is 1. The molecule has 0 heterocycles. The van der Waals surface area contributed by atoms with Gasteiger partial charge in [-0.1, -0.05) is 12.1 Å². The Morgan fingerprint density at radius 1 is 1.06 bits per heavy atom. The molecular formula is C19H18N4O7S. The highest BCUT2D eigenvalue weighted by molar-refractivity contribution is 7.80. The molecule has 0 atom stereocenters. The van der Waals surface area contributed by atoms with Crippen molar-refractivity contribution in [2.75, 3.05) is 13.2 Å². The monoisotopic (exact) mass is 446 g/mol. The largest absolute Gasteiger partial charge is 0.484 e. The van der Waals surface area contributed by atoms with Crippen molar-refractivity contribution >= 4 is 40.8 Å². The molecule has 0 bridgehead atoms. The average molecular weight is 446 g/mol. The van der Waals surface area contributed by atoms with E-state index in [2.05, 4.69) is 16.2 Å². The maximum absolute atomic E-state index is 12.1. The molecule has 0 saturated heterocycles. The second kappa shape index (κ2) is 11.2. The van der Waals surface area contributed by atoms with Crippen LogP contribution in [-0.2, 0) is 9.53 Å². The molecule has 0 aliphatic rings. The van der Waals surface area contributed by atoms with Gasteiger partial charge in [0.05, 0.1) is 17.1 Å². The number of benzene rings is 2. The zero-order valence-corrected chi connectivity index (χ0v) is 17.1. The van der Waals surface area contributed by atoms with Crippen LogP contribution in [0.2, 0.25) is 0 Å². The van der Waals surface area contributed by atoms with Gasteiger partial charge in [0.1, 0.15) is 11.3 Å². The minimum atomic E-state index is -0.808. The molecule has 0 unspecified atom stereocenters. The van der Waals surface area contributed by atoms with E-state index in [4.69, 9.17) is 21.7 Å². The Morgan fingerprint density at radius 2 is 1.74 bits per heavy atom. The molecule has 2 aromatic rings. The molecule has 0 aliphatic heterocycles. The maximum atomic E-state index is 12.1. The number of nitrogens with zero attached hydrogens (tertiary/aromatic N) is 1. The molecule has 3 N–H and O–H groups in total. The van der Waals surface area contributed by atoms with Crippen LogP contribution in [-0.4, -0.2) is 41.0 Å². The number of nitro groups is 1. The number of nitro benzene ring substituents is 1. The third kappa shape index (κ3) is 7.04. The van der Waals surface area contributed by atoms with E-state index in [1.165, 1.54) is 48.5 Å². The zero-order valence-electron chi connectivity index (χ0n) is 16.2. The highest BCUT2D eigenvalue weighted by Gasteiger charge is 2.20. The number of rotatable bonds is 7. The third-order valence-corrected chi connectivity index (χ3v) is 3.83. The van der Waals surface area contributed by atoms with Crippen LogP contribution >= 0.6 is 12.2 Å². The number of nitrogens with one attached hydrogen (secondary N) is 3. The number of hydrogen-bond acceptors (Lipinski definition) is 8. The number of hydrazine groups is 1. The first kappa shape index (κ1) is 23.2. The van der Waals surface area contributed by atoms with E-state index in [1.807, 2.05) is 0 Å². The van der Waals surface area contributed by atoms with Crippen molar-refractivity contribution in [3.8, 4) is 5.75 Å². The van der Waals surface area contributed by atoms with E-state index in [-0.39, 0.29) is 29.6 Å². The SMILES string of the molecule is CCOC(=O)c1ccc(OCC(=O)NNC(=S)NC(=O)c2ccccc2[N+](=O)[O-])cc1. The summed E-state index contributed by atoms with van der Waals surface area (Å²) in [6.45, 7) is 1.58. The topological polar surface area (TPSA) is 149 Å². The van der Waals surface area contributed by atoms with Crippen LogP contribution < -0.4 is 20.9 Å². The van der Waals surface area contributed by atoms with E-state index >= 15 is 0 Å². The summed E-state index contributed by atoms with van der Waals surface area (Å²) >= 11 is 4.88. The van der Waals surface area contributed by atoms with Gasteiger partial charge in [-0.3, -0.25) is 35.9 Å². The van der Waals surface area contributed by atoms with E-state index in [0.717, 1.165) is 0 Å². The van der Waals surface area contributed by atoms with Crippen LogP contribution in [0.3, 0.4) is 0 Å². The van der Waals surface area contributed by atoms with E-state index in [1.54, 1.807) is 6.92 Å².